The molecule has 0 spiro atoms. The molecular formula is C15H25N3O2. The molecule has 1 aromatic heterocycles. The van der Waals surface area contributed by atoms with E-state index in [0.29, 0.717) is 12.5 Å². The van der Waals surface area contributed by atoms with E-state index in [1.165, 1.54) is 0 Å². The highest BCUT2D eigenvalue weighted by Gasteiger charge is 2.23. The predicted molar refractivity (Wildman–Crippen MR) is 79.5 cm³/mol. The monoisotopic (exact) mass is 279 g/mol. The third-order valence-corrected chi connectivity index (χ3v) is 3.44. The molecule has 1 aliphatic heterocycles. The molecule has 1 N–H and O–H groups in total. The topological polar surface area (TPSA) is 56.3 Å². The lowest BCUT2D eigenvalue weighted by Crippen LogP contribution is -2.21. The summed E-state index contributed by atoms with van der Waals surface area (Å²) in [5, 5.41) is 3.11. The molecule has 5 nitrogen and oxygen atoms in total. The summed E-state index contributed by atoms with van der Waals surface area (Å²) in [6, 6.07) is 0. The van der Waals surface area contributed by atoms with E-state index in [0.717, 1.165) is 36.7 Å². The van der Waals surface area contributed by atoms with Crippen molar-refractivity contribution in [1.82, 2.24) is 9.97 Å². The van der Waals surface area contributed by atoms with E-state index in [9.17, 15) is 0 Å². The first-order chi connectivity index (χ1) is 9.41. The molecule has 1 fully saturated rings. The highest BCUT2D eigenvalue weighted by Crippen LogP contribution is 2.27. The first-order valence-corrected chi connectivity index (χ1v) is 7.23. The zero-order chi connectivity index (χ0) is 14.8. The Morgan fingerprint density at radius 3 is 2.65 bits per heavy atom. The van der Waals surface area contributed by atoms with E-state index in [4.69, 9.17) is 9.47 Å². The molecule has 0 saturated carbocycles. The molecule has 1 aliphatic rings. The van der Waals surface area contributed by atoms with Gasteiger partial charge in [-0.2, -0.15) is 4.98 Å². The summed E-state index contributed by atoms with van der Waals surface area (Å²) in [6.45, 7) is 9.67. The molecule has 0 aromatic carbocycles. The maximum atomic E-state index is 5.88. The zero-order valence-corrected chi connectivity index (χ0v) is 13.1. The number of hydrogen-bond acceptors (Lipinski definition) is 5. The lowest BCUT2D eigenvalue weighted by atomic mass is 9.95. The van der Waals surface area contributed by atoms with Crippen LogP contribution in [0.25, 0.3) is 0 Å². The standard InChI is InChI=1S/C15H25N3O2/c1-10-12(16-5)17-14(15(2,3)4)18-13(10)20-9-11-7-6-8-19-11/h11H,6-9H2,1-5H3,(H,16,17,18). The van der Waals surface area contributed by atoms with Crippen molar-refractivity contribution in [2.24, 2.45) is 0 Å². The maximum Gasteiger partial charge on any atom is 0.221 e. The zero-order valence-electron chi connectivity index (χ0n) is 13.1. The second kappa shape index (κ2) is 5.95. The van der Waals surface area contributed by atoms with Crippen molar-refractivity contribution in [3.8, 4) is 5.88 Å². The molecule has 0 radical (unpaired) electrons. The molecule has 0 bridgehead atoms. The smallest absolute Gasteiger partial charge is 0.221 e. The van der Waals surface area contributed by atoms with Gasteiger partial charge in [0.05, 0.1) is 11.7 Å². The van der Waals surface area contributed by atoms with E-state index in [2.05, 4.69) is 36.1 Å². The molecule has 2 rings (SSSR count). The number of aromatic nitrogens is 2. The Balaban J connectivity index is 2.21. The van der Waals surface area contributed by atoms with Crippen LogP contribution in [0.2, 0.25) is 0 Å². The lowest BCUT2D eigenvalue weighted by Gasteiger charge is -2.21. The number of nitrogens with zero attached hydrogens (tertiary/aromatic N) is 2. The highest BCUT2D eigenvalue weighted by atomic mass is 16.5. The quantitative estimate of drug-likeness (QED) is 0.918. The molecule has 112 valence electrons. The fraction of sp³-hybridized carbons (Fsp3) is 0.733. The Bertz CT molecular complexity index is 463. The van der Waals surface area contributed by atoms with Crippen LogP contribution in [0.15, 0.2) is 0 Å². The molecule has 2 heterocycles. The summed E-state index contributed by atoms with van der Waals surface area (Å²) in [6.07, 6.45) is 2.38. The Hall–Kier alpha value is -1.36. The minimum Gasteiger partial charge on any atom is -0.475 e. The predicted octanol–water partition coefficient (Wildman–Crippen LogP) is 2.68. The van der Waals surface area contributed by atoms with Gasteiger partial charge in [0.25, 0.3) is 0 Å². The SMILES string of the molecule is CNc1nc(C(C)(C)C)nc(OCC2CCCO2)c1C. The van der Waals surface area contributed by atoms with Gasteiger partial charge in [0.15, 0.2) is 0 Å². The molecule has 1 unspecified atom stereocenters. The fourth-order valence-electron chi connectivity index (χ4n) is 2.16. The highest BCUT2D eigenvalue weighted by molar-refractivity contribution is 5.48. The van der Waals surface area contributed by atoms with Crippen LogP contribution >= 0.6 is 0 Å². The van der Waals surface area contributed by atoms with Crippen LogP contribution in [0.4, 0.5) is 5.82 Å². The van der Waals surface area contributed by atoms with Crippen molar-refractivity contribution in [3.05, 3.63) is 11.4 Å². The summed E-state index contributed by atoms with van der Waals surface area (Å²) in [4.78, 5) is 9.15. The third kappa shape index (κ3) is 3.39. The van der Waals surface area contributed by atoms with Crippen LogP contribution in [0.1, 0.15) is 45.0 Å². The maximum absolute atomic E-state index is 5.88. The number of rotatable bonds is 4. The van der Waals surface area contributed by atoms with Crippen molar-refractivity contribution >= 4 is 5.82 Å². The number of ether oxygens (including phenoxy) is 2. The molecule has 1 aromatic rings. The van der Waals surface area contributed by atoms with Gasteiger partial charge in [0.2, 0.25) is 5.88 Å². The van der Waals surface area contributed by atoms with Gasteiger partial charge in [0, 0.05) is 19.1 Å². The van der Waals surface area contributed by atoms with Crippen LogP contribution in [0.5, 0.6) is 5.88 Å². The van der Waals surface area contributed by atoms with Crippen molar-refractivity contribution in [3.63, 3.8) is 0 Å². The second-order valence-corrected chi connectivity index (χ2v) is 6.27. The average molecular weight is 279 g/mol. The number of anilines is 1. The Labute approximate surface area is 121 Å². The van der Waals surface area contributed by atoms with Crippen LogP contribution in [0, 0.1) is 6.92 Å². The van der Waals surface area contributed by atoms with Crippen molar-refractivity contribution in [1.29, 1.82) is 0 Å². The van der Waals surface area contributed by atoms with Crippen molar-refractivity contribution < 1.29 is 9.47 Å². The molecule has 1 atom stereocenters. The first kappa shape index (κ1) is 15.0. The number of hydrogen-bond donors (Lipinski definition) is 1. The van der Waals surface area contributed by atoms with Crippen LogP contribution < -0.4 is 10.1 Å². The summed E-state index contributed by atoms with van der Waals surface area (Å²) < 4.78 is 11.5. The molecule has 20 heavy (non-hydrogen) atoms. The average Bonchev–Trinajstić information content (AvgIpc) is 2.89. The van der Waals surface area contributed by atoms with Gasteiger partial charge in [-0.3, -0.25) is 0 Å². The largest absolute Gasteiger partial charge is 0.475 e. The van der Waals surface area contributed by atoms with E-state index >= 15 is 0 Å². The molecule has 0 aliphatic carbocycles. The van der Waals surface area contributed by atoms with Crippen LogP contribution in [-0.2, 0) is 10.2 Å². The fourth-order valence-corrected chi connectivity index (χ4v) is 2.16. The Morgan fingerprint density at radius 2 is 2.10 bits per heavy atom. The first-order valence-electron chi connectivity index (χ1n) is 7.23. The normalized spacial score (nSPS) is 19.1. The summed E-state index contributed by atoms with van der Waals surface area (Å²) in [5.41, 5.74) is 0.833. The molecule has 0 amide bonds. The Morgan fingerprint density at radius 1 is 1.35 bits per heavy atom. The van der Waals surface area contributed by atoms with Gasteiger partial charge >= 0.3 is 0 Å². The van der Waals surface area contributed by atoms with Crippen molar-refractivity contribution in [2.45, 2.75) is 52.1 Å². The summed E-state index contributed by atoms with van der Waals surface area (Å²) >= 11 is 0. The van der Waals surface area contributed by atoms with E-state index in [1.54, 1.807) is 0 Å². The molecule has 1 saturated heterocycles. The van der Waals surface area contributed by atoms with Crippen LogP contribution in [0.3, 0.4) is 0 Å². The van der Waals surface area contributed by atoms with Crippen LogP contribution in [-0.4, -0.2) is 36.3 Å². The van der Waals surface area contributed by atoms with E-state index in [1.807, 2.05) is 14.0 Å². The minimum absolute atomic E-state index is 0.110. The van der Waals surface area contributed by atoms with E-state index in [-0.39, 0.29) is 11.5 Å². The summed E-state index contributed by atoms with van der Waals surface area (Å²) in [5.74, 6) is 2.27. The van der Waals surface area contributed by atoms with Gasteiger partial charge in [-0.1, -0.05) is 20.8 Å². The Kier molecular flexibility index (Phi) is 4.48. The molecule has 5 heteroatoms. The second-order valence-electron chi connectivity index (χ2n) is 6.27. The molecular weight excluding hydrogens is 254 g/mol. The van der Waals surface area contributed by atoms with Gasteiger partial charge in [-0.15, -0.1) is 0 Å². The summed E-state index contributed by atoms with van der Waals surface area (Å²) in [7, 11) is 1.87. The van der Waals surface area contributed by atoms with Gasteiger partial charge in [0.1, 0.15) is 18.2 Å². The lowest BCUT2D eigenvalue weighted by molar-refractivity contribution is 0.0659. The van der Waals surface area contributed by atoms with E-state index < -0.39 is 0 Å². The number of nitrogens with one attached hydrogen (secondary N) is 1. The van der Waals surface area contributed by atoms with Gasteiger partial charge in [-0.25, -0.2) is 4.98 Å². The van der Waals surface area contributed by atoms with Crippen molar-refractivity contribution in [2.75, 3.05) is 25.6 Å². The minimum atomic E-state index is -0.110. The van der Waals surface area contributed by atoms with Gasteiger partial charge < -0.3 is 14.8 Å². The van der Waals surface area contributed by atoms with Gasteiger partial charge in [-0.05, 0) is 19.8 Å². The third-order valence-electron chi connectivity index (χ3n) is 3.44.